The summed E-state index contributed by atoms with van der Waals surface area (Å²) in [6, 6.07) is 7.04. The van der Waals surface area contributed by atoms with E-state index in [1.807, 2.05) is 12.1 Å². The molecule has 1 aromatic rings. The second-order valence-electron chi connectivity index (χ2n) is 5.53. The van der Waals surface area contributed by atoms with Gasteiger partial charge in [-0.05, 0) is 24.1 Å². The molecule has 1 rings (SSSR count). The van der Waals surface area contributed by atoms with Crippen LogP contribution in [0.1, 0.15) is 58.1 Å². The number of rotatable bonds is 10. The summed E-state index contributed by atoms with van der Waals surface area (Å²) >= 11 is 0. The van der Waals surface area contributed by atoms with Crippen LogP contribution in [0, 0.1) is 5.82 Å². The molecular formula is C17H28FNO. The highest BCUT2D eigenvalue weighted by Gasteiger charge is 2.12. The summed E-state index contributed by atoms with van der Waals surface area (Å²) in [5.41, 5.74) is 1.04. The first kappa shape index (κ1) is 17.1. The smallest absolute Gasteiger partial charge is 0.123 e. The Morgan fingerprint density at radius 1 is 1.10 bits per heavy atom. The molecule has 0 spiro atoms. The standard InChI is InChI=1S/C17H28FNO/c1-4-5-6-7-12-20-17(13-19-14(2)3)15-8-10-16(18)11-9-15/h8-11,14,17,19H,4-7,12-13H2,1-3H3. The van der Waals surface area contributed by atoms with Gasteiger partial charge in [-0.15, -0.1) is 0 Å². The van der Waals surface area contributed by atoms with Crippen LogP contribution in [-0.2, 0) is 4.74 Å². The maximum atomic E-state index is 13.0. The van der Waals surface area contributed by atoms with E-state index < -0.39 is 0 Å². The van der Waals surface area contributed by atoms with Gasteiger partial charge in [0.05, 0.1) is 6.10 Å². The second kappa shape index (κ2) is 9.89. The van der Waals surface area contributed by atoms with Crippen molar-refractivity contribution >= 4 is 0 Å². The van der Waals surface area contributed by atoms with Crippen molar-refractivity contribution in [3.05, 3.63) is 35.6 Å². The van der Waals surface area contributed by atoms with Gasteiger partial charge in [-0.3, -0.25) is 0 Å². The predicted octanol–water partition coefficient (Wildman–Crippen LogP) is 4.46. The quantitative estimate of drug-likeness (QED) is 0.639. The topological polar surface area (TPSA) is 21.3 Å². The lowest BCUT2D eigenvalue weighted by atomic mass is 10.1. The molecule has 1 aromatic carbocycles. The number of nitrogens with one attached hydrogen (secondary N) is 1. The third-order valence-corrected chi connectivity index (χ3v) is 3.27. The molecule has 114 valence electrons. The van der Waals surface area contributed by atoms with Crippen molar-refractivity contribution in [3.63, 3.8) is 0 Å². The number of hydrogen-bond donors (Lipinski definition) is 1. The Kier molecular flexibility index (Phi) is 8.47. The van der Waals surface area contributed by atoms with Gasteiger partial charge in [-0.1, -0.05) is 52.2 Å². The van der Waals surface area contributed by atoms with Crippen LogP contribution in [0.25, 0.3) is 0 Å². The predicted molar refractivity (Wildman–Crippen MR) is 82.4 cm³/mol. The van der Waals surface area contributed by atoms with Crippen LogP contribution in [0.3, 0.4) is 0 Å². The summed E-state index contributed by atoms with van der Waals surface area (Å²) in [4.78, 5) is 0. The van der Waals surface area contributed by atoms with Crippen molar-refractivity contribution < 1.29 is 9.13 Å². The van der Waals surface area contributed by atoms with Gasteiger partial charge in [0.2, 0.25) is 0 Å². The lowest BCUT2D eigenvalue weighted by Gasteiger charge is -2.20. The average molecular weight is 281 g/mol. The first-order valence-corrected chi connectivity index (χ1v) is 7.74. The maximum Gasteiger partial charge on any atom is 0.123 e. The van der Waals surface area contributed by atoms with Crippen LogP contribution in [0.15, 0.2) is 24.3 Å². The van der Waals surface area contributed by atoms with Crippen molar-refractivity contribution in [3.8, 4) is 0 Å². The first-order chi connectivity index (χ1) is 9.63. The molecule has 0 aliphatic rings. The van der Waals surface area contributed by atoms with E-state index in [0.29, 0.717) is 6.04 Å². The van der Waals surface area contributed by atoms with E-state index in [9.17, 15) is 4.39 Å². The SMILES string of the molecule is CCCCCCOC(CNC(C)C)c1ccc(F)cc1. The molecule has 0 amide bonds. The fourth-order valence-electron chi connectivity index (χ4n) is 2.05. The molecule has 3 heteroatoms. The number of unbranched alkanes of at least 4 members (excludes halogenated alkanes) is 3. The Morgan fingerprint density at radius 2 is 1.80 bits per heavy atom. The Labute approximate surface area is 122 Å². The molecule has 0 bridgehead atoms. The van der Waals surface area contributed by atoms with Crippen molar-refractivity contribution in [2.24, 2.45) is 0 Å². The van der Waals surface area contributed by atoms with Crippen molar-refractivity contribution in [2.45, 2.75) is 58.6 Å². The van der Waals surface area contributed by atoms with E-state index in [0.717, 1.165) is 25.1 Å². The maximum absolute atomic E-state index is 13.0. The lowest BCUT2D eigenvalue weighted by Crippen LogP contribution is -2.29. The lowest BCUT2D eigenvalue weighted by molar-refractivity contribution is 0.0485. The van der Waals surface area contributed by atoms with Gasteiger partial charge in [0.25, 0.3) is 0 Å². The molecule has 0 aliphatic heterocycles. The van der Waals surface area contributed by atoms with Crippen molar-refractivity contribution in [1.82, 2.24) is 5.32 Å². The minimum atomic E-state index is -0.202. The molecule has 0 saturated heterocycles. The molecule has 0 heterocycles. The fraction of sp³-hybridized carbons (Fsp3) is 0.647. The highest BCUT2D eigenvalue weighted by Crippen LogP contribution is 2.18. The highest BCUT2D eigenvalue weighted by atomic mass is 19.1. The van der Waals surface area contributed by atoms with Crippen molar-refractivity contribution in [2.75, 3.05) is 13.2 Å². The third kappa shape index (κ3) is 7.01. The van der Waals surface area contributed by atoms with E-state index in [2.05, 4.69) is 26.1 Å². The molecule has 0 aliphatic carbocycles. The van der Waals surface area contributed by atoms with E-state index in [-0.39, 0.29) is 11.9 Å². The Morgan fingerprint density at radius 3 is 2.40 bits per heavy atom. The van der Waals surface area contributed by atoms with Gasteiger partial charge in [-0.25, -0.2) is 4.39 Å². The van der Waals surface area contributed by atoms with Gasteiger partial charge in [0.1, 0.15) is 5.82 Å². The summed E-state index contributed by atoms with van der Waals surface area (Å²) in [5.74, 6) is -0.202. The summed E-state index contributed by atoms with van der Waals surface area (Å²) in [5, 5.41) is 3.39. The van der Waals surface area contributed by atoms with Gasteiger partial charge < -0.3 is 10.1 Å². The molecule has 20 heavy (non-hydrogen) atoms. The molecule has 0 aromatic heterocycles. The van der Waals surface area contributed by atoms with Gasteiger partial charge in [0.15, 0.2) is 0 Å². The van der Waals surface area contributed by atoms with Crippen LogP contribution in [-0.4, -0.2) is 19.2 Å². The molecule has 2 nitrogen and oxygen atoms in total. The normalized spacial score (nSPS) is 12.8. The van der Waals surface area contributed by atoms with Crippen molar-refractivity contribution in [1.29, 1.82) is 0 Å². The average Bonchev–Trinajstić information content (AvgIpc) is 2.43. The first-order valence-electron chi connectivity index (χ1n) is 7.74. The number of halogens is 1. The third-order valence-electron chi connectivity index (χ3n) is 3.27. The largest absolute Gasteiger partial charge is 0.372 e. The summed E-state index contributed by atoms with van der Waals surface area (Å²) in [7, 11) is 0. The highest BCUT2D eigenvalue weighted by molar-refractivity contribution is 5.19. The van der Waals surface area contributed by atoms with Crippen LogP contribution in [0.2, 0.25) is 0 Å². The van der Waals surface area contributed by atoms with E-state index in [1.54, 1.807) is 0 Å². The second-order valence-corrected chi connectivity index (χ2v) is 5.53. The van der Waals surface area contributed by atoms with E-state index in [1.165, 1.54) is 31.4 Å². The van der Waals surface area contributed by atoms with Crippen LogP contribution < -0.4 is 5.32 Å². The Balaban J connectivity index is 2.49. The summed E-state index contributed by atoms with van der Waals surface area (Å²) in [6.07, 6.45) is 4.79. The van der Waals surface area contributed by atoms with Gasteiger partial charge in [-0.2, -0.15) is 0 Å². The van der Waals surface area contributed by atoms with E-state index in [4.69, 9.17) is 4.74 Å². The van der Waals surface area contributed by atoms with Gasteiger partial charge in [0, 0.05) is 19.2 Å². The molecule has 0 saturated carbocycles. The molecule has 1 N–H and O–H groups in total. The zero-order chi connectivity index (χ0) is 14.8. The zero-order valence-electron chi connectivity index (χ0n) is 13.0. The minimum Gasteiger partial charge on any atom is -0.372 e. The van der Waals surface area contributed by atoms with Crippen LogP contribution in [0.4, 0.5) is 4.39 Å². The van der Waals surface area contributed by atoms with E-state index >= 15 is 0 Å². The fourth-order valence-corrected chi connectivity index (χ4v) is 2.05. The summed E-state index contributed by atoms with van der Waals surface area (Å²) < 4.78 is 19.0. The number of benzene rings is 1. The Hall–Kier alpha value is -0.930. The summed E-state index contributed by atoms with van der Waals surface area (Å²) in [6.45, 7) is 7.96. The molecule has 0 fully saturated rings. The molecular weight excluding hydrogens is 253 g/mol. The number of hydrogen-bond acceptors (Lipinski definition) is 2. The zero-order valence-corrected chi connectivity index (χ0v) is 13.0. The van der Waals surface area contributed by atoms with Crippen LogP contribution in [0.5, 0.6) is 0 Å². The molecule has 0 radical (unpaired) electrons. The minimum absolute atomic E-state index is 0.000346. The Bertz CT molecular complexity index is 351. The molecule has 1 unspecified atom stereocenters. The molecule has 1 atom stereocenters. The van der Waals surface area contributed by atoms with Gasteiger partial charge >= 0.3 is 0 Å². The monoisotopic (exact) mass is 281 g/mol. The van der Waals surface area contributed by atoms with Crippen LogP contribution >= 0.6 is 0 Å². The number of ether oxygens (including phenoxy) is 1.